The van der Waals surface area contributed by atoms with Gasteiger partial charge in [-0.25, -0.2) is 8.42 Å². The molecule has 4 nitrogen and oxygen atoms in total. The van der Waals surface area contributed by atoms with Crippen molar-refractivity contribution in [2.75, 3.05) is 0 Å². The fourth-order valence-corrected chi connectivity index (χ4v) is 10.5. The maximum absolute atomic E-state index is 14.2. The van der Waals surface area contributed by atoms with E-state index >= 15 is 0 Å². The van der Waals surface area contributed by atoms with Gasteiger partial charge >= 0.3 is 0 Å². The number of hydrogen-bond donors (Lipinski definition) is 1. The molecule has 162 valence electrons. The van der Waals surface area contributed by atoms with Crippen molar-refractivity contribution in [1.29, 1.82) is 0 Å². The molecule has 0 spiro atoms. The van der Waals surface area contributed by atoms with E-state index in [2.05, 4.69) is 13.8 Å². The van der Waals surface area contributed by atoms with Crippen LogP contribution < -0.4 is 0 Å². The fourth-order valence-electron chi connectivity index (χ4n) is 7.80. The lowest BCUT2D eigenvalue weighted by atomic mass is 9.66. The monoisotopic (exact) mass is 411 g/mol. The first kappa shape index (κ1) is 21.1. The number of aliphatic hydroxyl groups is 1. The largest absolute Gasteiger partial charge is 0.392 e. The number of nitrogens with zero attached hydrogens (tertiary/aromatic N) is 1. The second-order valence-corrected chi connectivity index (χ2v) is 13.0. The van der Waals surface area contributed by atoms with Gasteiger partial charge in [-0.1, -0.05) is 52.4 Å². The summed E-state index contributed by atoms with van der Waals surface area (Å²) in [5.41, 5.74) is -0.595. The number of rotatable bonds is 5. The van der Waals surface area contributed by atoms with Crippen LogP contribution in [0.1, 0.15) is 104 Å². The van der Waals surface area contributed by atoms with Crippen LogP contribution in [-0.2, 0) is 10.0 Å². The highest BCUT2D eigenvalue weighted by molar-refractivity contribution is 7.89. The van der Waals surface area contributed by atoms with Gasteiger partial charge in [-0.05, 0) is 63.2 Å². The van der Waals surface area contributed by atoms with Crippen molar-refractivity contribution in [3.8, 4) is 0 Å². The topological polar surface area (TPSA) is 57.6 Å². The molecule has 0 amide bonds. The zero-order valence-electron chi connectivity index (χ0n) is 18.2. The van der Waals surface area contributed by atoms with Gasteiger partial charge in [0.25, 0.3) is 0 Å². The molecule has 3 unspecified atom stereocenters. The van der Waals surface area contributed by atoms with E-state index in [1.165, 1.54) is 12.8 Å². The number of fused-ring (bicyclic) bond motifs is 2. The van der Waals surface area contributed by atoms with Crippen molar-refractivity contribution < 1.29 is 13.5 Å². The summed E-state index contributed by atoms with van der Waals surface area (Å²) in [4.78, 5) is 0. The van der Waals surface area contributed by atoms with Crippen LogP contribution in [0.15, 0.2) is 0 Å². The van der Waals surface area contributed by atoms with Gasteiger partial charge in [0.15, 0.2) is 0 Å². The predicted molar refractivity (Wildman–Crippen MR) is 114 cm³/mol. The number of hydrogen-bond acceptors (Lipinski definition) is 3. The third-order valence-electron chi connectivity index (χ3n) is 9.56. The summed E-state index contributed by atoms with van der Waals surface area (Å²) in [6.07, 6.45) is 13.4. The molecule has 0 saturated heterocycles. The van der Waals surface area contributed by atoms with Crippen LogP contribution in [-0.4, -0.2) is 41.3 Å². The van der Waals surface area contributed by atoms with E-state index in [0.717, 1.165) is 70.6 Å². The molecule has 0 heterocycles. The molecule has 1 N–H and O–H groups in total. The Morgan fingerprint density at radius 3 is 1.79 bits per heavy atom. The predicted octanol–water partition coefficient (Wildman–Crippen LogP) is 4.86. The van der Waals surface area contributed by atoms with Crippen molar-refractivity contribution in [1.82, 2.24) is 4.31 Å². The van der Waals surface area contributed by atoms with Crippen molar-refractivity contribution >= 4 is 10.0 Å². The smallest absolute Gasteiger partial charge is 0.217 e. The van der Waals surface area contributed by atoms with Crippen molar-refractivity contribution in [2.45, 2.75) is 128 Å². The molecule has 4 rings (SSSR count). The van der Waals surface area contributed by atoms with Gasteiger partial charge < -0.3 is 5.11 Å². The van der Waals surface area contributed by atoms with Crippen molar-refractivity contribution in [3.63, 3.8) is 0 Å². The van der Waals surface area contributed by atoms with Crippen LogP contribution >= 0.6 is 0 Å². The lowest BCUT2D eigenvalue weighted by Crippen LogP contribution is -2.58. The summed E-state index contributed by atoms with van der Waals surface area (Å²) in [6, 6.07) is 0.360. The summed E-state index contributed by atoms with van der Waals surface area (Å²) in [6.45, 7) is 6.38. The molecular formula is C23H41NO3S. The quantitative estimate of drug-likeness (QED) is 0.703. The highest BCUT2D eigenvalue weighted by atomic mass is 32.2. The molecule has 0 aromatic rings. The molecule has 0 radical (unpaired) electrons. The highest BCUT2D eigenvalue weighted by Gasteiger charge is 2.68. The first-order chi connectivity index (χ1) is 13.2. The molecule has 4 fully saturated rings. The minimum Gasteiger partial charge on any atom is -0.392 e. The lowest BCUT2D eigenvalue weighted by Gasteiger charge is -2.49. The minimum atomic E-state index is -3.46. The van der Waals surface area contributed by atoms with Gasteiger partial charge in [0, 0.05) is 17.5 Å². The number of aliphatic hydroxyl groups excluding tert-OH is 1. The van der Waals surface area contributed by atoms with Crippen LogP contribution in [0.5, 0.6) is 0 Å². The Kier molecular flexibility index (Phi) is 5.68. The highest BCUT2D eigenvalue weighted by Crippen LogP contribution is 2.68. The van der Waals surface area contributed by atoms with E-state index in [0.29, 0.717) is 5.92 Å². The zero-order chi connectivity index (χ0) is 20.2. The van der Waals surface area contributed by atoms with Gasteiger partial charge in [0.1, 0.15) is 0 Å². The summed E-state index contributed by atoms with van der Waals surface area (Å²) >= 11 is 0. The van der Waals surface area contributed by atoms with Gasteiger partial charge in [-0.3, -0.25) is 0 Å². The molecule has 28 heavy (non-hydrogen) atoms. The average Bonchev–Trinajstić information content (AvgIpc) is 3.04. The molecule has 4 atom stereocenters. The van der Waals surface area contributed by atoms with Gasteiger partial charge in [0.05, 0.1) is 11.4 Å². The summed E-state index contributed by atoms with van der Waals surface area (Å²) < 4.78 is 30.5. The van der Waals surface area contributed by atoms with Gasteiger partial charge in [-0.15, -0.1) is 0 Å². The molecule has 0 aromatic heterocycles. The second-order valence-electron chi connectivity index (χ2n) is 10.8. The van der Waals surface area contributed by atoms with E-state index < -0.39 is 26.8 Å². The van der Waals surface area contributed by atoms with Gasteiger partial charge in [-0.2, -0.15) is 4.31 Å². The molecule has 4 saturated carbocycles. The van der Waals surface area contributed by atoms with Crippen LogP contribution in [0.4, 0.5) is 0 Å². The Hall–Kier alpha value is -0.130. The average molecular weight is 412 g/mol. The SMILES string of the molecule is CC(C12CC[C@H](CC1O)C2(C)C)S(=O)(=O)N(C1CCCCC1)C1CCCCC1. The molecular weight excluding hydrogens is 370 g/mol. The third-order valence-corrected chi connectivity index (χ3v) is 12.1. The van der Waals surface area contributed by atoms with Crippen LogP contribution in [0, 0.1) is 16.7 Å². The summed E-state index contributed by atoms with van der Waals surface area (Å²) in [5, 5.41) is 10.6. The van der Waals surface area contributed by atoms with Crippen LogP contribution in [0.25, 0.3) is 0 Å². The van der Waals surface area contributed by atoms with Crippen LogP contribution in [0.2, 0.25) is 0 Å². The molecule has 5 heteroatoms. The maximum Gasteiger partial charge on any atom is 0.217 e. The van der Waals surface area contributed by atoms with Gasteiger partial charge in [0.2, 0.25) is 10.0 Å². The molecule has 4 aliphatic rings. The zero-order valence-corrected chi connectivity index (χ0v) is 19.0. The Labute approximate surface area is 172 Å². The van der Waals surface area contributed by atoms with E-state index in [1.807, 2.05) is 11.2 Å². The summed E-state index contributed by atoms with van der Waals surface area (Å²) in [7, 11) is -3.46. The van der Waals surface area contributed by atoms with Crippen LogP contribution in [0.3, 0.4) is 0 Å². The fraction of sp³-hybridized carbons (Fsp3) is 1.00. The Morgan fingerprint density at radius 2 is 1.39 bits per heavy atom. The number of sulfonamides is 1. The van der Waals surface area contributed by atoms with Crippen molar-refractivity contribution in [2.24, 2.45) is 16.7 Å². The second kappa shape index (κ2) is 7.53. The maximum atomic E-state index is 14.2. The lowest BCUT2D eigenvalue weighted by molar-refractivity contribution is -0.00566. The first-order valence-corrected chi connectivity index (χ1v) is 13.4. The third kappa shape index (κ3) is 3.01. The molecule has 0 aromatic carbocycles. The standard InChI is InChI=1S/C23H41NO3S/c1-17(23-15-14-18(16-21(23)25)22(23,2)3)28(26,27)24(19-10-6-4-7-11-19)20-12-8-5-9-13-20/h17-21,25H,4-16H2,1-3H3/t17?,18-,21?,23?/m1/s1. The van der Waals surface area contributed by atoms with E-state index in [9.17, 15) is 13.5 Å². The van der Waals surface area contributed by atoms with E-state index in [1.54, 1.807) is 0 Å². The molecule has 4 aliphatic carbocycles. The van der Waals surface area contributed by atoms with E-state index in [-0.39, 0.29) is 17.5 Å². The first-order valence-electron chi connectivity index (χ1n) is 11.9. The Morgan fingerprint density at radius 1 is 0.893 bits per heavy atom. The van der Waals surface area contributed by atoms with Crippen molar-refractivity contribution in [3.05, 3.63) is 0 Å². The Bertz CT molecular complexity index is 645. The summed E-state index contributed by atoms with van der Waals surface area (Å²) in [5.74, 6) is 0.456. The molecule has 0 aliphatic heterocycles. The molecule has 2 bridgehead atoms. The Balaban J connectivity index is 1.70. The normalized spacial score (nSPS) is 38.2. The minimum absolute atomic E-state index is 0.107. The van der Waals surface area contributed by atoms with E-state index in [4.69, 9.17) is 0 Å².